The third-order valence-electron chi connectivity index (χ3n) is 7.49. The van der Waals surface area contributed by atoms with E-state index in [2.05, 4.69) is 36.0 Å². The van der Waals surface area contributed by atoms with E-state index in [1.165, 1.54) is 48.8 Å². The maximum absolute atomic E-state index is 12.9. The molecule has 0 aliphatic heterocycles. The average molecular weight is 738 g/mol. The third kappa shape index (κ3) is 8.78. The van der Waals surface area contributed by atoms with Crippen LogP contribution in [-0.4, -0.2) is 81.7 Å². The maximum Gasteiger partial charge on any atom is 0.337 e. The Balaban J connectivity index is 1.02. The number of amides is 2. The average Bonchev–Trinajstić information content (AvgIpc) is 3.90. The number of nitrogens with zero attached hydrogens (tertiary/aromatic N) is 7. The molecule has 0 saturated heterocycles. The normalized spacial score (nSPS) is 10.7. The molecular weight excluding hydrogens is 710 g/mol. The number of imidazole rings is 1. The van der Waals surface area contributed by atoms with Crippen LogP contribution in [0.15, 0.2) is 97.8 Å². The highest BCUT2D eigenvalue weighted by molar-refractivity contribution is 6.32. The Morgan fingerprint density at radius 2 is 1.28 bits per heavy atom. The van der Waals surface area contributed by atoms with Crippen LogP contribution in [0.4, 0.5) is 11.4 Å². The zero-order valence-corrected chi connectivity index (χ0v) is 28.2. The van der Waals surface area contributed by atoms with E-state index in [9.17, 15) is 29.4 Å². The number of benzene rings is 2. The summed E-state index contributed by atoms with van der Waals surface area (Å²) in [5.74, 6) is -2.51. The topological polar surface area (TPSA) is 226 Å². The summed E-state index contributed by atoms with van der Waals surface area (Å²) in [5, 5.41) is 40.4. The summed E-state index contributed by atoms with van der Waals surface area (Å²) in [7, 11) is 0. The molecule has 6 aromatic rings. The van der Waals surface area contributed by atoms with Gasteiger partial charge in [0.1, 0.15) is 17.8 Å². The molecule has 0 atom stereocenters. The van der Waals surface area contributed by atoms with Crippen LogP contribution in [0.3, 0.4) is 0 Å². The highest BCUT2D eigenvalue weighted by Gasteiger charge is 2.20. The minimum atomic E-state index is -1.32. The molecule has 53 heavy (non-hydrogen) atoms. The molecule has 4 N–H and O–H groups in total. The van der Waals surface area contributed by atoms with E-state index < -0.39 is 23.8 Å². The van der Waals surface area contributed by atoms with Gasteiger partial charge in [-0.3, -0.25) is 14.2 Å². The van der Waals surface area contributed by atoms with Crippen LogP contribution in [0.1, 0.15) is 54.5 Å². The Morgan fingerprint density at radius 3 is 1.85 bits per heavy atom. The van der Waals surface area contributed by atoms with Crippen molar-refractivity contribution in [2.45, 2.75) is 12.8 Å². The largest absolute Gasteiger partial charge is 0.494 e. The number of anilines is 2. The van der Waals surface area contributed by atoms with Gasteiger partial charge in [0.15, 0.2) is 23.0 Å². The molecule has 0 fully saturated rings. The quantitative estimate of drug-likeness (QED) is 0.102. The molecule has 2 amide bonds. The summed E-state index contributed by atoms with van der Waals surface area (Å²) in [6, 6.07) is 16.4. The molecule has 0 aliphatic carbocycles. The Morgan fingerprint density at radius 1 is 0.679 bits per heavy atom. The number of aromatic nitrogens is 7. The summed E-state index contributed by atoms with van der Waals surface area (Å²) in [6.07, 6.45) is 9.28. The minimum absolute atomic E-state index is 0.0122. The van der Waals surface area contributed by atoms with Gasteiger partial charge in [0.05, 0.1) is 40.7 Å². The van der Waals surface area contributed by atoms with Crippen molar-refractivity contribution >= 4 is 46.7 Å². The first-order valence-electron chi connectivity index (χ1n) is 15.8. The second-order valence-corrected chi connectivity index (χ2v) is 11.5. The Labute approximate surface area is 304 Å². The number of carboxylic acids is 2. The summed E-state index contributed by atoms with van der Waals surface area (Å²) in [5.41, 5.74) is -0.506. The van der Waals surface area contributed by atoms with E-state index in [1.54, 1.807) is 46.1 Å². The number of hydrogen-bond acceptors (Lipinski definition) is 11. The van der Waals surface area contributed by atoms with Crippen LogP contribution in [0, 0.1) is 0 Å². The number of carbonyl (C=O) groups excluding carboxylic acids is 2. The van der Waals surface area contributed by atoms with Gasteiger partial charge in [-0.2, -0.15) is 0 Å². The summed E-state index contributed by atoms with van der Waals surface area (Å²) in [4.78, 5) is 53.5. The molecule has 0 saturated carbocycles. The first-order valence-corrected chi connectivity index (χ1v) is 16.2. The molecule has 0 aliphatic rings. The summed E-state index contributed by atoms with van der Waals surface area (Å²) < 4.78 is 14.9. The first-order chi connectivity index (χ1) is 25.7. The van der Waals surface area contributed by atoms with Gasteiger partial charge in [0.2, 0.25) is 0 Å². The van der Waals surface area contributed by atoms with E-state index in [1.807, 2.05) is 12.1 Å². The number of ether oxygens (including phenoxy) is 2. The van der Waals surface area contributed by atoms with Crippen molar-refractivity contribution in [2.75, 3.05) is 23.8 Å². The maximum atomic E-state index is 12.9. The number of halogens is 1. The molecule has 0 spiro atoms. The predicted molar refractivity (Wildman–Crippen MR) is 188 cm³/mol. The van der Waals surface area contributed by atoms with Crippen molar-refractivity contribution in [3.63, 3.8) is 0 Å². The molecule has 17 nitrogen and oxygen atoms in total. The molecule has 0 radical (unpaired) electrons. The van der Waals surface area contributed by atoms with Gasteiger partial charge in [-0.05, 0) is 67.4 Å². The fraction of sp³-hybridized carbons (Fsp3) is 0.114. The highest BCUT2D eigenvalue weighted by Crippen LogP contribution is 2.32. The lowest BCUT2D eigenvalue weighted by Gasteiger charge is -2.14. The van der Waals surface area contributed by atoms with Crippen LogP contribution < -0.4 is 20.1 Å². The standard InChI is InChI=1S/C35H28ClN9O8/c36-24-18-23(35(50)51)28(39-33(47)26-8-10-31(43-41-26)45-14-11-37-20-45)19-29(24)53-16-4-3-15-52-21-5-6-22(34(48)49)27(17-21)38-32(46)25-7-9-30(42-40-25)44-12-1-2-13-44/h1-2,5-14,17-20H,3-4,15-16H2,(H,38,46)(H,39,47)(H,48,49)(H,50,51). The molecule has 268 valence electrons. The molecule has 4 heterocycles. The minimum Gasteiger partial charge on any atom is -0.494 e. The van der Waals surface area contributed by atoms with Gasteiger partial charge in [0, 0.05) is 36.9 Å². The number of carbonyl (C=O) groups is 4. The van der Waals surface area contributed by atoms with Gasteiger partial charge >= 0.3 is 11.9 Å². The first kappa shape index (κ1) is 35.7. The number of hydrogen-bond donors (Lipinski definition) is 4. The molecular formula is C35H28ClN9O8. The van der Waals surface area contributed by atoms with E-state index in [0.29, 0.717) is 30.2 Å². The van der Waals surface area contributed by atoms with Crippen molar-refractivity contribution in [1.29, 1.82) is 0 Å². The van der Waals surface area contributed by atoms with Crippen LogP contribution in [0.25, 0.3) is 11.6 Å². The van der Waals surface area contributed by atoms with Crippen LogP contribution in [0.2, 0.25) is 5.02 Å². The lowest BCUT2D eigenvalue weighted by Crippen LogP contribution is -2.17. The zero-order chi connectivity index (χ0) is 37.3. The van der Waals surface area contributed by atoms with Gasteiger partial charge in [0.25, 0.3) is 11.8 Å². The number of carboxylic acid groups (broad SMARTS) is 2. The summed E-state index contributed by atoms with van der Waals surface area (Å²) in [6.45, 7) is 0.372. The van der Waals surface area contributed by atoms with Gasteiger partial charge in [-0.1, -0.05) is 11.6 Å². The molecule has 18 heteroatoms. The fourth-order valence-corrected chi connectivity index (χ4v) is 5.06. The Kier molecular flexibility index (Phi) is 10.9. The fourth-order valence-electron chi connectivity index (χ4n) is 4.85. The SMILES string of the molecule is O=C(Nc1cc(OCCCCOc2cc(NC(=O)c3ccc(-n4ccnc4)nn3)c(C(=O)O)cc2Cl)ccc1C(=O)O)c1ccc(-n2cccc2)nn1. The van der Waals surface area contributed by atoms with Crippen LogP contribution >= 0.6 is 11.6 Å². The van der Waals surface area contributed by atoms with Crippen molar-refractivity contribution < 1.29 is 38.9 Å². The molecule has 2 aromatic carbocycles. The number of rotatable bonds is 15. The summed E-state index contributed by atoms with van der Waals surface area (Å²) >= 11 is 6.30. The highest BCUT2D eigenvalue weighted by atomic mass is 35.5. The zero-order valence-electron chi connectivity index (χ0n) is 27.4. The smallest absolute Gasteiger partial charge is 0.337 e. The van der Waals surface area contributed by atoms with Crippen molar-refractivity contribution in [1.82, 2.24) is 34.5 Å². The third-order valence-corrected chi connectivity index (χ3v) is 7.78. The van der Waals surface area contributed by atoms with Crippen LogP contribution in [-0.2, 0) is 0 Å². The molecule has 0 bridgehead atoms. The monoisotopic (exact) mass is 737 g/mol. The van der Waals surface area contributed by atoms with Crippen LogP contribution in [0.5, 0.6) is 11.5 Å². The molecule has 0 unspecified atom stereocenters. The number of aromatic carboxylic acids is 2. The van der Waals surface area contributed by atoms with E-state index in [4.69, 9.17) is 21.1 Å². The predicted octanol–water partition coefficient (Wildman–Crippen LogP) is 5.04. The van der Waals surface area contributed by atoms with Crippen molar-refractivity contribution in [3.8, 4) is 23.1 Å². The number of nitrogens with one attached hydrogen (secondary N) is 2. The lowest BCUT2D eigenvalue weighted by molar-refractivity contribution is 0.0686. The van der Waals surface area contributed by atoms with E-state index >= 15 is 0 Å². The number of unbranched alkanes of at least 4 members (excludes halogenated alkanes) is 1. The Hall–Kier alpha value is -7.14. The molecule has 6 rings (SSSR count). The van der Waals surface area contributed by atoms with E-state index in [0.717, 1.165) is 0 Å². The van der Waals surface area contributed by atoms with Gasteiger partial charge in [-0.15, -0.1) is 20.4 Å². The van der Waals surface area contributed by atoms with Gasteiger partial charge < -0.3 is 34.9 Å². The van der Waals surface area contributed by atoms with E-state index in [-0.39, 0.29) is 57.9 Å². The van der Waals surface area contributed by atoms with Gasteiger partial charge in [-0.25, -0.2) is 14.6 Å². The second kappa shape index (κ2) is 16.3. The Bertz CT molecular complexity index is 2250. The lowest BCUT2D eigenvalue weighted by atomic mass is 10.1. The second-order valence-electron chi connectivity index (χ2n) is 11.1. The molecule has 4 aromatic heterocycles. The van der Waals surface area contributed by atoms with Crippen molar-refractivity contribution in [3.05, 3.63) is 125 Å². The van der Waals surface area contributed by atoms with Crippen molar-refractivity contribution in [2.24, 2.45) is 0 Å².